The minimum Gasteiger partial charge on any atom is -0.495 e. The van der Waals surface area contributed by atoms with Gasteiger partial charge in [-0.05, 0) is 12.1 Å². The van der Waals surface area contributed by atoms with Gasteiger partial charge in [-0.2, -0.15) is 0 Å². The molecule has 2 rings (SSSR count). The summed E-state index contributed by atoms with van der Waals surface area (Å²) < 4.78 is 10.0. The minimum atomic E-state index is -0.864. The smallest absolute Gasteiger partial charge is 0.353 e. The van der Waals surface area contributed by atoms with Gasteiger partial charge < -0.3 is 14.9 Å². The van der Waals surface area contributed by atoms with Crippen molar-refractivity contribution >= 4 is 16.9 Å². The number of primary amides is 1. The van der Waals surface area contributed by atoms with Crippen molar-refractivity contribution in [1.82, 2.24) is 0 Å². The van der Waals surface area contributed by atoms with Crippen molar-refractivity contribution in [3.05, 3.63) is 40.2 Å². The number of para-hydroxylation sites is 1. The fourth-order valence-corrected chi connectivity index (χ4v) is 1.55. The molecule has 0 bridgehead atoms. The summed E-state index contributed by atoms with van der Waals surface area (Å²) in [6.07, 6.45) is 0. The van der Waals surface area contributed by atoms with Crippen molar-refractivity contribution in [3.63, 3.8) is 0 Å². The van der Waals surface area contributed by atoms with Crippen LogP contribution in [0.25, 0.3) is 11.0 Å². The minimum absolute atomic E-state index is 0.152. The fourth-order valence-electron chi connectivity index (χ4n) is 1.55. The standard InChI is InChI=1S/C11H9NO4/c1-15-9-6-4-2-3-5-7(6)16-11(14)8(9)10(12)13/h2-5H,1H3,(H2,12,13). The molecule has 0 aliphatic rings. The predicted octanol–water partition coefficient (Wildman–Crippen LogP) is 0.901. The van der Waals surface area contributed by atoms with Gasteiger partial charge in [0.2, 0.25) is 0 Å². The van der Waals surface area contributed by atoms with E-state index in [9.17, 15) is 9.59 Å². The maximum Gasteiger partial charge on any atom is 0.353 e. The number of carbonyl (C=O) groups is 1. The van der Waals surface area contributed by atoms with Gasteiger partial charge in [0.05, 0.1) is 12.5 Å². The summed E-state index contributed by atoms with van der Waals surface area (Å²) in [6, 6.07) is 6.76. The highest BCUT2D eigenvalue weighted by atomic mass is 16.5. The van der Waals surface area contributed by atoms with E-state index in [1.54, 1.807) is 24.3 Å². The number of amides is 1. The molecule has 2 aromatic rings. The zero-order chi connectivity index (χ0) is 11.7. The number of methoxy groups -OCH3 is 1. The second-order valence-electron chi connectivity index (χ2n) is 3.16. The van der Waals surface area contributed by atoms with Crippen molar-refractivity contribution in [2.45, 2.75) is 0 Å². The molecule has 0 aliphatic heterocycles. The highest BCUT2D eigenvalue weighted by Gasteiger charge is 2.19. The van der Waals surface area contributed by atoms with E-state index in [-0.39, 0.29) is 11.3 Å². The van der Waals surface area contributed by atoms with E-state index < -0.39 is 11.5 Å². The molecule has 0 radical (unpaired) electrons. The van der Waals surface area contributed by atoms with Crippen LogP contribution in [0.5, 0.6) is 5.75 Å². The van der Waals surface area contributed by atoms with E-state index in [1.807, 2.05) is 0 Å². The van der Waals surface area contributed by atoms with Crippen LogP contribution < -0.4 is 16.1 Å². The first-order valence-corrected chi connectivity index (χ1v) is 4.54. The average Bonchev–Trinajstić information content (AvgIpc) is 2.26. The highest BCUT2D eigenvalue weighted by molar-refractivity contribution is 6.00. The van der Waals surface area contributed by atoms with Crippen molar-refractivity contribution in [3.8, 4) is 5.75 Å². The first-order valence-electron chi connectivity index (χ1n) is 4.54. The van der Waals surface area contributed by atoms with E-state index in [1.165, 1.54) is 7.11 Å². The van der Waals surface area contributed by atoms with Crippen LogP contribution in [0, 0.1) is 0 Å². The summed E-state index contributed by atoms with van der Waals surface area (Å²) in [5.41, 5.74) is 4.41. The predicted molar refractivity (Wildman–Crippen MR) is 57.6 cm³/mol. The molecule has 0 aliphatic carbocycles. The summed E-state index contributed by atoms with van der Waals surface area (Å²) in [6.45, 7) is 0. The first kappa shape index (κ1) is 10.2. The van der Waals surface area contributed by atoms with Crippen LogP contribution in [0.3, 0.4) is 0 Å². The van der Waals surface area contributed by atoms with E-state index in [4.69, 9.17) is 14.9 Å². The molecular formula is C11H9NO4. The summed E-state index contributed by atoms with van der Waals surface area (Å²) in [7, 11) is 1.37. The Labute approximate surface area is 90.4 Å². The van der Waals surface area contributed by atoms with E-state index in [0.717, 1.165) is 0 Å². The Morgan fingerprint density at radius 1 is 1.38 bits per heavy atom. The summed E-state index contributed by atoms with van der Waals surface area (Å²) in [4.78, 5) is 22.6. The third kappa shape index (κ3) is 1.42. The van der Waals surface area contributed by atoms with Crippen molar-refractivity contribution in [1.29, 1.82) is 0 Å². The molecule has 5 heteroatoms. The van der Waals surface area contributed by atoms with Crippen molar-refractivity contribution in [2.24, 2.45) is 5.73 Å². The lowest BCUT2D eigenvalue weighted by molar-refractivity contribution is 0.0994. The number of carbonyl (C=O) groups excluding carboxylic acids is 1. The van der Waals surface area contributed by atoms with Gasteiger partial charge in [0.25, 0.3) is 5.91 Å². The molecule has 2 N–H and O–H groups in total. The lowest BCUT2D eigenvalue weighted by atomic mass is 10.1. The molecule has 0 unspecified atom stereocenters. The zero-order valence-electron chi connectivity index (χ0n) is 8.52. The molecule has 1 amide bonds. The van der Waals surface area contributed by atoms with Crippen molar-refractivity contribution < 1.29 is 13.9 Å². The van der Waals surface area contributed by atoms with Gasteiger partial charge >= 0.3 is 5.63 Å². The Kier molecular flexibility index (Phi) is 2.36. The largest absolute Gasteiger partial charge is 0.495 e. The molecule has 0 saturated heterocycles. The topological polar surface area (TPSA) is 82.5 Å². The van der Waals surface area contributed by atoms with Crippen LogP contribution in [0.2, 0.25) is 0 Å². The molecular weight excluding hydrogens is 210 g/mol. The van der Waals surface area contributed by atoms with Crippen LogP contribution >= 0.6 is 0 Å². The Hall–Kier alpha value is -2.30. The summed E-state index contributed by atoms with van der Waals surface area (Å²) in [5.74, 6) is -0.712. The van der Waals surface area contributed by atoms with E-state index in [2.05, 4.69) is 0 Å². The Bertz CT molecular complexity index is 615. The molecule has 0 spiro atoms. The Morgan fingerprint density at radius 3 is 2.69 bits per heavy atom. The molecule has 5 nitrogen and oxygen atoms in total. The number of rotatable bonds is 2. The van der Waals surface area contributed by atoms with Gasteiger partial charge in [0.1, 0.15) is 11.3 Å². The summed E-state index contributed by atoms with van der Waals surface area (Å²) in [5, 5.41) is 0.540. The fraction of sp³-hybridized carbons (Fsp3) is 0.0909. The SMILES string of the molecule is COc1c(C(N)=O)c(=O)oc2ccccc12. The van der Waals surface area contributed by atoms with Crippen LogP contribution in [-0.4, -0.2) is 13.0 Å². The van der Waals surface area contributed by atoms with Crippen molar-refractivity contribution in [2.75, 3.05) is 7.11 Å². The van der Waals surface area contributed by atoms with Crippen LogP contribution in [0.1, 0.15) is 10.4 Å². The number of benzene rings is 1. The average molecular weight is 219 g/mol. The Morgan fingerprint density at radius 2 is 2.06 bits per heavy atom. The number of nitrogens with two attached hydrogens (primary N) is 1. The molecule has 0 atom stereocenters. The summed E-state index contributed by atoms with van der Waals surface area (Å²) >= 11 is 0. The van der Waals surface area contributed by atoms with Crippen LogP contribution in [0.4, 0.5) is 0 Å². The number of ether oxygens (including phenoxy) is 1. The molecule has 1 aromatic carbocycles. The molecule has 82 valence electrons. The van der Waals surface area contributed by atoms with Gasteiger partial charge in [0.15, 0.2) is 5.56 Å². The zero-order valence-corrected chi connectivity index (χ0v) is 8.52. The lowest BCUT2D eigenvalue weighted by Crippen LogP contribution is -2.22. The van der Waals surface area contributed by atoms with E-state index in [0.29, 0.717) is 11.0 Å². The van der Waals surface area contributed by atoms with Gasteiger partial charge in [-0.3, -0.25) is 4.79 Å². The Balaban J connectivity index is 2.96. The molecule has 0 fully saturated rings. The maximum atomic E-state index is 11.5. The molecule has 16 heavy (non-hydrogen) atoms. The first-order chi connectivity index (χ1) is 7.65. The van der Waals surface area contributed by atoms with Gasteiger partial charge in [-0.15, -0.1) is 0 Å². The van der Waals surface area contributed by atoms with E-state index >= 15 is 0 Å². The second-order valence-corrected chi connectivity index (χ2v) is 3.16. The monoisotopic (exact) mass is 219 g/mol. The van der Waals surface area contributed by atoms with Gasteiger partial charge in [-0.1, -0.05) is 12.1 Å². The third-order valence-corrected chi connectivity index (χ3v) is 2.22. The molecule has 0 saturated carbocycles. The van der Waals surface area contributed by atoms with Gasteiger partial charge in [-0.25, -0.2) is 4.79 Å². The highest BCUT2D eigenvalue weighted by Crippen LogP contribution is 2.26. The van der Waals surface area contributed by atoms with Crippen LogP contribution in [-0.2, 0) is 0 Å². The second kappa shape index (κ2) is 3.69. The molecule has 1 heterocycles. The third-order valence-electron chi connectivity index (χ3n) is 2.22. The molecule has 1 aromatic heterocycles. The van der Waals surface area contributed by atoms with Crippen LogP contribution in [0.15, 0.2) is 33.5 Å². The lowest BCUT2D eigenvalue weighted by Gasteiger charge is -2.07. The van der Waals surface area contributed by atoms with Gasteiger partial charge in [0, 0.05) is 0 Å². The number of hydrogen-bond acceptors (Lipinski definition) is 4. The number of fused-ring (bicyclic) bond motifs is 1. The quantitative estimate of drug-likeness (QED) is 0.760. The normalized spacial score (nSPS) is 10.3. The maximum absolute atomic E-state index is 11.5. The number of hydrogen-bond donors (Lipinski definition) is 1.